The first-order valence-corrected chi connectivity index (χ1v) is 8.56. The molecule has 0 unspecified atom stereocenters. The molecule has 9 heteroatoms. The molecule has 0 heterocycles. The van der Waals surface area contributed by atoms with Crippen LogP contribution in [0, 0.1) is 12.7 Å². The van der Waals surface area contributed by atoms with Gasteiger partial charge in [-0.2, -0.15) is 13.2 Å². The van der Waals surface area contributed by atoms with E-state index in [0.29, 0.717) is 0 Å². The molecule has 4 nitrogen and oxygen atoms in total. The van der Waals surface area contributed by atoms with Crippen LogP contribution in [0.3, 0.4) is 0 Å². The van der Waals surface area contributed by atoms with Gasteiger partial charge >= 0.3 is 6.18 Å². The van der Waals surface area contributed by atoms with Crippen LogP contribution in [0.25, 0.3) is 0 Å². The van der Waals surface area contributed by atoms with Gasteiger partial charge in [0.15, 0.2) is 5.60 Å². The summed E-state index contributed by atoms with van der Waals surface area (Å²) in [5, 5.41) is 10.1. The third kappa shape index (κ3) is 4.00. The van der Waals surface area contributed by atoms with Gasteiger partial charge in [-0.3, -0.25) is 0 Å². The molecular formula is C16H15F4NO3S. The summed E-state index contributed by atoms with van der Waals surface area (Å²) in [4.78, 5) is -0.399. The van der Waals surface area contributed by atoms with Crippen LogP contribution in [0.15, 0.2) is 53.4 Å². The van der Waals surface area contributed by atoms with Gasteiger partial charge in [0.05, 0.1) is 11.4 Å². The molecule has 0 saturated heterocycles. The summed E-state index contributed by atoms with van der Waals surface area (Å²) in [5.41, 5.74) is -3.88. The molecule has 0 saturated carbocycles. The predicted octanol–water partition coefficient (Wildman–Crippen LogP) is 2.86. The maximum atomic E-state index is 13.4. The highest BCUT2D eigenvalue weighted by Crippen LogP contribution is 2.38. The molecule has 0 aliphatic heterocycles. The first-order chi connectivity index (χ1) is 11.5. The maximum absolute atomic E-state index is 13.4. The molecular weight excluding hydrogens is 362 g/mol. The second-order valence-electron chi connectivity index (χ2n) is 5.46. The lowest BCUT2D eigenvalue weighted by Gasteiger charge is -2.31. The average molecular weight is 377 g/mol. The van der Waals surface area contributed by atoms with E-state index in [-0.39, 0.29) is 5.56 Å². The fourth-order valence-corrected chi connectivity index (χ4v) is 3.29. The highest BCUT2D eigenvalue weighted by Gasteiger charge is 2.55. The van der Waals surface area contributed by atoms with Crippen LogP contribution in [0.4, 0.5) is 17.6 Å². The van der Waals surface area contributed by atoms with Crippen molar-refractivity contribution < 1.29 is 31.1 Å². The van der Waals surface area contributed by atoms with Gasteiger partial charge in [-0.05, 0) is 36.2 Å². The van der Waals surface area contributed by atoms with Crippen LogP contribution in [0.2, 0.25) is 0 Å². The van der Waals surface area contributed by atoms with Crippen molar-refractivity contribution in [3.63, 3.8) is 0 Å². The fourth-order valence-electron chi connectivity index (χ4n) is 2.15. The quantitative estimate of drug-likeness (QED) is 0.788. The largest absolute Gasteiger partial charge is 0.422 e. The lowest BCUT2D eigenvalue weighted by atomic mass is 9.93. The molecule has 2 rings (SSSR count). The summed E-state index contributed by atoms with van der Waals surface area (Å²) in [7, 11) is -4.38. The summed E-state index contributed by atoms with van der Waals surface area (Å²) in [5.74, 6) is -0.643. The number of aryl methyl sites for hydroxylation is 1. The van der Waals surface area contributed by atoms with Crippen LogP contribution in [-0.4, -0.2) is 26.2 Å². The number of halogens is 4. The van der Waals surface area contributed by atoms with E-state index in [1.54, 1.807) is 4.72 Å². The Morgan fingerprint density at radius 1 is 1.08 bits per heavy atom. The Bertz CT molecular complexity index is 853. The summed E-state index contributed by atoms with van der Waals surface area (Å²) >= 11 is 0. The minimum absolute atomic E-state index is 0.0250. The third-order valence-corrected chi connectivity index (χ3v) is 5.08. The molecule has 136 valence electrons. The molecule has 0 spiro atoms. The van der Waals surface area contributed by atoms with E-state index in [1.807, 2.05) is 0 Å². The second kappa shape index (κ2) is 6.74. The molecule has 0 aromatic heterocycles. The molecule has 0 radical (unpaired) electrons. The van der Waals surface area contributed by atoms with Gasteiger partial charge in [-0.25, -0.2) is 17.5 Å². The molecule has 1 atom stereocenters. The van der Waals surface area contributed by atoms with E-state index in [0.717, 1.165) is 30.3 Å². The van der Waals surface area contributed by atoms with Gasteiger partial charge in [0.25, 0.3) is 0 Å². The standard InChI is InChI=1S/C16H15F4NO3S/c1-11-9-13(7-8-14(11)17)25(23,24)21-10-15(22,16(18,19)20)12-5-3-2-4-6-12/h2-9,21-22H,10H2,1H3/t15-/m0/s1. The molecule has 2 aromatic carbocycles. The molecule has 25 heavy (non-hydrogen) atoms. The summed E-state index contributed by atoms with van der Waals surface area (Å²) < 4.78 is 79.4. The van der Waals surface area contributed by atoms with Gasteiger partial charge in [-0.1, -0.05) is 30.3 Å². The number of alkyl halides is 3. The Morgan fingerprint density at radius 3 is 2.20 bits per heavy atom. The van der Waals surface area contributed by atoms with Gasteiger partial charge in [0.1, 0.15) is 5.82 Å². The highest BCUT2D eigenvalue weighted by atomic mass is 32.2. The van der Waals surface area contributed by atoms with E-state index in [2.05, 4.69) is 0 Å². The number of sulfonamides is 1. The van der Waals surface area contributed by atoms with Crippen molar-refractivity contribution in [1.29, 1.82) is 0 Å². The predicted molar refractivity (Wildman–Crippen MR) is 82.7 cm³/mol. The van der Waals surface area contributed by atoms with Crippen molar-refractivity contribution in [2.24, 2.45) is 0 Å². The van der Waals surface area contributed by atoms with Crippen molar-refractivity contribution in [2.45, 2.75) is 23.6 Å². The average Bonchev–Trinajstić information content (AvgIpc) is 2.55. The Balaban J connectivity index is 2.33. The topological polar surface area (TPSA) is 66.4 Å². The molecule has 2 aromatic rings. The first kappa shape index (κ1) is 19.4. The molecule has 0 bridgehead atoms. The Hall–Kier alpha value is -1.97. The summed E-state index contributed by atoms with van der Waals surface area (Å²) in [6.07, 6.45) is -5.12. The van der Waals surface area contributed by atoms with Gasteiger partial charge in [-0.15, -0.1) is 0 Å². The lowest BCUT2D eigenvalue weighted by Crippen LogP contribution is -2.51. The summed E-state index contributed by atoms with van der Waals surface area (Å²) in [6, 6.07) is 8.97. The molecule has 0 aliphatic carbocycles. The van der Waals surface area contributed by atoms with Crippen LogP contribution < -0.4 is 4.72 Å². The molecule has 0 amide bonds. The van der Waals surface area contributed by atoms with E-state index >= 15 is 0 Å². The van der Waals surface area contributed by atoms with Gasteiger partial charge in [0.2, 0.25) is 10.0 Å². The first-order valence-electron chi connectivity index (χ1n) is 7.08. The van der Waals surface area contributed by atoms with Gasteiger partial charge < -0.3 is 5.11 Å². The highest BCUT2D eigenvalue weighted by molar-refractivity contribution is 7.89. The van der Waals surface area contributed by atoms with E-state index < -0.39 is 44.6 Å². The van der Waals surface area contributed by atoms with Crippen LogP contribution >= 0.6 is 0 Å². The number of aliphatic hydroxyl groups is 1. The second-order valence-corrected chi connectivity index (χ2v) is 7.23. The monoisotopic (exact) mass is 377 g/mol. The molecule has 0 fully saturated rings. The maximum Gasteiger partial charge on any atom is 0.422 e. The number of benzene rings is 2. The minimum atomic E-state index is -5.12. The number of nitrogens with one attached hydrogen (secondary N) is 1. The van der Waals surface area contributed by atoms with E-state index in [1.165, 1.54) is 25.1 Å². The SMILES string of the molecule is Cc1cc(S(=O)(=O)NC[C@](O)(c2ccccc2)C(F)(F)F)ccc1F. The normalized spacial score (nSPS) is 15.0. The third-order valence-electron chi connectivity index (χ3n) is 3.68. The van der Waals surface area contributed by atoms with E-state index in [4.69, 9.17) is 0 Å². The van der Waals surface area contributed by atoms with Gasteiger partial charge in [0, 0.05) is 0 Å². The van der Waals surface area contributed by atoms with E-state index in [9.17, 15) is 31.1 Å². The van der Waals surface area contributed by atoms with Crippen LogP contribution in [0.5, 0.6) is 0 Å². The Kier molecular flexibility index (Phi) is 5.22. The van der Waals surface area contributed by atoms with Crippen LogP contribution in [0.1, 0.15) is 11.1 Å². The minimum Gasteiger partial charge on any atom is -0.375 e. The van der Waals surface area contributed by atoms with Crippen molar-refractivity contribution in [3.8, 4) is 0 Å². The number of hydrogen-bond acceptors (Lipinski definition) is 3. The zero-order valence-corrected chi connectivity index (χ0v) is 13.8. The number of rotatable bonds is 5. The molecule has 0 aliphatic rings. The lowest BCUT2D eigenvalue weighted by molar-refractivity contribution is -0.263. The summed E-state index contributed by atoms with van der Waals surface area (Å²) in [6.45, 7) is 0.00362. The Labute approximate surface area is 142 Å². The van der Waals surface area contributed by atoms with Crippen molar-refractivity contribution in [1.82, 2.24) is 4.72 Å². The Morgan fingerprint density at radius 2 is 1.68 bits per heavy atom. The molecule has 2 N–H and O–H groups in total. The number of hydrogen-bond donors (Lipinski definition) is 2. The smallest absolute Gasteiger partial charge is 0.375 e. The van der Waals surface area contributed by atoms with Crippen molar-refractivity contribution >= 4 is 10.0 Å². The van der Waals surface area contributed by atoms with Crippen LogP contribution in [-0.2, 0) is 15.6 Å². The zero-order chi connectivity index (χ0) is 18.9. The van der Waals surface area contributed by atoms with Crippen molar-refractivity contribution in [3.05, 3.63) is 65.5 Å². The fraction of sp³-hybridized carbons (Fsp3) is 0.250. The van der Waals surface area contributed by atoms with Crippen molar-refractivity contribution in [2.75, 3.05) is 6.54 Å². The zero-order valence-electron chi connectivity index (χ0n) is 13.0.